The zero-order valence-electron chi connectivity index (χ0n) is 18.6. The fourth-order valence-corrected chi connectivity index (χ4v) is 4.65. The highest BCUT2D eigenvalue weighted by Gasteiger charge is 2.37. The topological polar surface area (TPSA) is 102 Å². The molecule has 0 radical (unpaired) electrons. The van der Waals surface area contributed by atoms with Crippen molar-refractivity contribution in [1.29, 1.82) is 0 Å². The Kier molecular flexibility index (Phi) is 5.53. The number of benzene rings is 1. The maximum atomic E-state index is 13.2. The number of fused-ring (bicyclic) bond motifs is 1. The van der Waals surface area contributed by atoms with E-state index in [4.69, 9.17) is 9.15 Å². The Labute approximate surface area is 195 Å². The number of amides is 3. The number of ether oxygens (including phenoxy) is 1. The zero-order chi connectivity index (χ0) is 23.8. The summed E-state index contributed by atoms with van der Waals surface area (Å²) in [6, 6.07) is 11.7. The van der Waals surface area contributed by atoms with Crippen LogP contribution < -0.4 is 0 Å². The van der Waals surface area contributed by atoms with Gasteiger partial charge in [0.25, 0.3) is 17.7 Å². The molecular formula is C25H23N3O6. The van der Waals surface area contributed by atoms with Crippen molar-refractivity contribution in [2.75, 3.05) is 20.2 Å². The monoisotopic (exact) mass is 461 g/mol. The molecule has 3 amide bonds. The Morgan fingerprint density at radius 2 is 1.79 bits per heavy atom. The van der Waals surface area contributed by atoms with Crippen LogP contribution in [0.15, 0.2) is 59.3 Å². The van der Waals surface area contributed by atoms with Crippen molar-refractivity contribution in [3.05, 3.63) is 83.1 Å². The Morgan fingerprint density at radius 3 is 2.50 bits per heavy atom. The van der Waals surface area contributed by atoms with E-state index in [1.807, 2.05) is 16.8 Å². The van der Waals surface area contributed by atoms with Gasteiger partial charge in [0.05, 0.1) is 31.0 Å². The smallest absolute Gasteiger partial charge is 0.354 e. The van der Waals surface area contributed by atoms with Crippen LogP contribution in [0.1, 0.15) is 66.2 Å². The van der Waals surface area contributed by atoms with Gasteiger partial charge in [0, 0.05) is 30.9 Å². The number of furan rings is 1. The summed E-state index contributed by atoms with van der Waals surface area (Å²) in [7, 11) is 1.35. The van der Waals surface area contributed by atoms with Crippen LogP contribution in [0.4, 0.5) is 0 Å². The molecule has 9 heteroatoms. The quantitative estimate of drug-likeness (QED) is 0.427. The predicted molar refractivity (Wildman–Crippen MR) is 119 cm³/mol. The van der Waals surface area contributed by atoms with E-state index in [0.29, 0.717) is 42.9 Å². The molecule has 34 heavy (non-hydrogen) atoms. The summed E-state index contributed by atoms with van der Waals surface area (Å²) in [5.41, 5.74) is 1.38. The molecule has 1 fully saturated rings. The lowest BCUT2D eigenvalue weighted by Crippen LogP contribution is -2.39. The van der Waals surface area contributed by atoms with Crippen LogP contribution in [-0.4, -0.2) is 58.3 Å². The highest BCUT2D eigenvalue weighted by atomic mass is 16.5. The summed E-state index contributed by atoms with van der Waals surface area (Å²) in [6.07, 6.45) is 4.71. The molecule has 0 saturated carbocycles. The van der Waals surface area contributed by atoms with Gasteiger partial charge in [-0.05, 0) is 55.3 Å². The van der Waals surface area contributed by atoms with E-state index in [0.717, 1.165) is 4.90 Å². The molecule has 0 unspecified atom stereocenters. The summed E-state index contributed by atoms with van der Waals surface area (Å²) in [5, 5.41) is 0. The fourth-order valence-electron chi connectivity index (χ4n) is 4.65. The van der Waals surface area contributed by atoms with Gasteiger partial charge < -0.3 is 18.6 Å². The van der Waals surface area contributed by atoms with Crippen LogP contribution in [0.3, 0.4) is 0 Å². The Bertz CT molecular complexity index is 1270. The molecule has 3 aromatic rings. The Morgan fingerprint density at radius 1 is 1.03 bits per heavy atom. The van der Waals surface area contributed by atoms with Crippen molar-refractivity contribution in [3.8, 4) is 0 Å². The number of hydrogen-bond acceptors (Lipinski definition) is 6. The first-order valence-corrected chi connectivity index (χ1v) is 11.0. The second-order valence-electron chi connectivity index (χ2n) is 8.35. The number of aromatic nitrogens is 1. The molecule has 1 aromatic carbocycles. The third-order valence-corrected chi connectivity index (χ3v) is 6.43. The van der Waals surface area contributed by atoms with Crippen LogP contribution in [0.2, 0.25) is 0 Å². The molecular weight excluding hydrogens is 438 g/mol. The highest BCUT2D eigenvalue weighted by Crippen LogP contribution is 2.29. The molecule has 174 valence electrons. The summed E-state index contributed by atoms with van der Waals surface area (Å²) in [4.78, 5) is 53.6. The normalized spacial score (nSPS) is 16.1. The number of hydrogen-bond donors (Lipinski definition) is 0. The molecule has 9 nitrogen and oxygen atoms in total. The number of carbonyl (C=O) groups excluding carboxylic acids is 4. The van der Waals surface area contributed by atoms with Gasteiger partial charge in [-0.1, -0.05) is 0 Å². The molecule has 0 bridgehead atoms. The van der Waals surface area contributed by atoms with Gasteiger partial charge in [-0.25, -0.2) is 4.79 Å². The summed E-state index contributed by atoms with van der Waals surface area (Å²) in [5.74, 6) is -0.905. The van der Waals surface area contributed by atoms with Crippen molar-refractivity contribution in [3.63, 3.8) is 0 Å². The van der Waals surface area contributed by atoms with E-state index in [1.165, 1.54) is 19.4 Å². The van der Waals surface area contributed by atoms with Gasteiger partial charge >= 0.3 is 5.97 Å². The van der Waals surface area contributed by atoms with Crippen molar-refractivity contribution in [2.45, 2.75) is 25.4 Å². The maximum absolute atomic E-state index is 13.2. The molecule has 0 N–H and O–H groups in total. The molecule has 2 aliphatic heterocycles. The molecule has 2 aliphatic rings. The van der Waals surface area contributed by atoms with Gasteiger partial charge in [0.1, 0.15) is 11.5 Å². The minimum atomic E-state index is -0.437. The summed E-state index contributed by atoms with van der Waals surface area (Å²) in [6.45, 7) is 1.07. The lowest BCUT2D eigenvalue weighted by atomic mass is 10.0. The molecule has 4 heterocycles. The molecule has 0 atom stereocenters. The Hall–Kier alpha value is -4.14. The van der Waals surface area contributed by atoms with Crippen LogP contribution >= 0.6 is 0 Å². The van der Waals surface area contributed by atoms with Crippen LogP contribution in [0.25, 0.3) is 0 Å². The second kappa shape index (κ2) is 8.66. The standard InChI is InChI=1S/C25H23N3O6/c1-33-25(32)21-5-2-10-27(21)17-8-11-26(12-9-17)22(29)16-6-7-19-20(14-16)24(31)28(23(19)30)15-18-4-3-13-34-18/h2-7,10,13-14,17H,8-9,11-12,15H2,1H3. The largest absolute Gasteiger partial charge is 0.467 e. The molecule has 0 aliphatic carbocycles. The number of rotatable bonds is 5. The van der Waals surface area contributed by atoms with Gasteiger partial charge in [0.15, 0.2) is 0 Å². The van der Waals surface area contributed by atoms with E-state index in [-0.39, 0.29) is 35.6 Å². The average Bonchev–Trinajstić information content (AvgIpc) is 3.61. The third kappa shape index (κ3) is 3.68. The molecule has 5 rings (SSSR count). The zero-order valence-corrected chi connectivity index (χ0v) is 18.6. The first-order chi connectivity index (χ1) is 16.5. The number of methoxy groups -OCH3 is 1. The Balaban J connectivity index is 1.28. The minimum Gasteiger partial charge on any atom is -0.467 e. The van der Waals surface area contributed by atoms with Crippen LogP contribution in [0, 0.1) is 0 Å². The predicted octanol–water partition coefficient (Wildman–Crippen LogP) is 3.14. The SMILES string of the molecule is COC(=O)c1cccn1C1CCN(C(=O)c2ccc3c(c2)C(=O)N(Cc2ccco2)C3=O)CC1. The van der Waals surface area contributed by atoms with Gasteiger partial charge in [-0.3, -0.25) is 19.3 Å². The van der Waals surface area contributed by atoms with E-state index in [1.54, 1.807) is 35.2 Å². The van der Waals surface area contributed by atoms with E-state index in [9.17, 15) is 19.2 Å². The lowest BCUT2D eigenvalue weighted by molar-refractivity contribution is 0.0572. The molecule has 0 spiro atoms. The number of carbonyl (C=O) groups is 4. The van der Waals surface area contributed by atoms with Crippen molar-refractivity contribution in [2.24, 2.45) is 0 Å². The first-order valence-electron chi connectivity index (χ1n) is 11.0. The first kappa shape index (κ1) is 21.7. The van der Waals surface area contributed by atoms with Crippen LogP contribution in [0.5, 0.6) is 0 Å². The number of esters is 1. The summed E-state index contributed by atoms with van der Waals surface area (Å²) < 4.78 is 12.0. The van der Waals surface area contributed by atoms with E-state index >= 15 is 0 Å². The molecule has 1 saturated heterocycles. The number of likely N-dealkylation sites (tertiary alicyclic amines) is 1. The van der Waals surface area contributed by atoms with E-state index in [2.05, 4.69) is 0 Å². The third-order valence-electron chi connectivity index (χ3n) is 6.43. The highest BCUT2D eigenvalue weighted by molar-refractivity contribution is 6.22. The van der Waals surface area contributed by atoms with Crippen molar-refractivity contribution < 1.29 is 28.3 Å². The van der Waals surface area contributed by atoms with Crippen molar-refractivity contribution >= 4 is 23.7 Å². The maximum Gasteiger partial charge on any atom is 0.354 e. The second-order valence-corrected chi connectivity index (χ2v) is 8.35. The number of imide groups is 1. The van der Waals surface area contributed by atoms with Gasteiger partial charge in [-0.15, -0.1) is 0 Å². The number of nitrogens with zero attached hydrogens (tertiary/aromatic N) is 3. The average molecular weight is 461 g/mol. The minimum absolute atomic E-state index is 0.0447. The molecule has 2 aromatic heterocycles. The number of piperidine rings is 1. The fraction of sp³-hybridized carbons (Fsp3) is 0.280. The van der Waals surface area contributed by atoms with Gasteiger partial charge in [-0.2, -0.15) is 0 Å². The lowest BCUT2D eigenvalue weighted by Gasteiger charge is -2.33. The van der Waals surface area contributed by atoms with Crippen molar-refractivity contribution in [1.82, 2.24) is 14.4 Å². The van der Waals surface area contributed by atoms with E-state index < -0.39 is 11.8 Å². The van der Waals surface area contributed by atoms with Crippen LogP contribution in [-0.2, 0) is 11.3 Å². The summed E-state index contributed by atoms with van der Waals surface area (Å²) >= 11 is 0. The van der Waals surface area contributed by atoms with Gasteiger partial charge in [0.2, 0.25) is 0 Å².